The van der Waals surface area contributed by atoms with E-state index in [1.165, 1.54) is 12.2 Å². The molecule has 2 N–H and O–H groups in total. The van der Waals surface area contributed by atoms with Crippen molar-refractivity contribution in [1.29, 1.82) is 0 Å². The number of carboxylic acid groups (broad SMARTS) is 1. The van der Waals surface area contributed by atoms with Crippen molar-refractivity contribution in [2.45, 2.75) is 0 Å². The van der Waals surface area contributed by atoms with Gasteiger partial charge in [-0.25, -0.2) is 0 Å². The summed E-state index contributed by atoms with van der Waals surface area (Å²) < 4.78 is 0. The molecule has 58 valence electrons. The minimum Gasteiger partial charge on any atom is -0.515 e. The molecule has 3 nitrogen and oxygen atoms in total. The third-order valence-corrected chi connectivity index (χ3v) is 1.43. The van der Waals surface area contributed by atoms with Crippen LogP contribution in [0.3, 0.4) is 0 Å². The van der Waals surface area contributed by atoms with Crippen molar-refractivity contribution in [3.05, 3.63) is 36.1 Å². The fourth-order valence-electron chi connectivity index (χ4n) is 0.800. The molecule has 3 heteroatoms. The Morgan fingerprint density at radius 2 is 2.00 bits per heavy atom. The van der Waals surface area contributed by atoms with Crippen LogP contribution in [0.5, 0.6) is 0 Å². The molecule has 0 aromatic heterocycles. The van der Waals surface area contributed by atoms with E-state index in [1.54, 1.807) is 12.2 Å². The fourth-order valence-corrected chi connectivity index (χ4v) is 0.800. The Hall–Kier alpha value is -1.51. The lowest BCUT2D eigenvalue weighted by atomic mass is 10.0. The highest BCUT2D eigenvalue weighted by molar-refractivity contribution is 5.75. The molecule has 0 heterocycles. The maximum atomic E-state index is 10.4. The number of rotatable bonds is 1. The molecule has 0 saturated heterocycles. The van der Waals surface area contributed by atoms with Gasteiger partial charge >= 0.3 is 5.97 Å². The highest BCUT2D eigenvalue weighted by atomic mass is 16.4. The van der Waals surface area contributed by atoms with Crippen LogP contribution in [0.1, 0.15) is 0 Å². The van der Waals surface area contributed by atoms with Crippen LogP contribution in [0.4, 0.5) is 0 Å². The molecule has 0 bridgehead atoms. The highest BCUT2D eigenvalue weighted by Gasteiger charge is 2.11. The molecule has 1 rings (SSSR count). The predicted octanol–water partition coefficient (Wildman–Crippen LogP) is 1.26. The van der Waals surface area contributed by atoms with E-state index in [1.807, 2.05) is 0 Å². The third kappa shape index (κ3) is 1.70. The first-order valence-corrected chi connectivity index (χ1v) is 3.17. The van der Waals surface area contributed by atoms with Crippen LogP contribution < -0.4 is 0 Å². The molecule has 0 aromatic carbocycles. The number of aliphatic hydroxyl groups excluding tert-OH is 1. The van der Waals surface area contributed by atoms with Gasteiger partial charge in [0.05, 0.1) is 12.2 Å². The van der Waals surface area contributed by atoms with Gasteiger partial charge in [0.25, 0.3) is 0 Å². The number of hydrogen-bond acceptors (Lipinski definition) is 2. The van der Waals surface area contributed by atoms with Crippen molar-refractivity contribution in [2.24, 2.45) is 5.92 Å². The Labute approximate surface area is 64.0 Å². The molecule has 0 aromatic rings. The maximum Gasteiger partial charge on any atom is 0.314 e. The standard InChI is InChI=1S/C8H8O3/c9-5-6-1-3-7(4-2-6)8(10)11/h1-5,7,9H,(H,10,11). The van der Waals surface area contributed by atoms with Gasteiger partial charge in [-0.1, -0.05) is 24.3 Å². The molecule has 11 heavy (non-hydrogen) atoms. The number of carbonyl (C=O) groups is 1. The molecule has 0 amide bonds. The van der Waals surface area contributed by atoms with E-state index in [9.17, 15) is 4.79 Å². The molecule has 0 saturated carbocycles. The first-order valence-electron chi connectivity index (χ1n) is 3.17. The molecule has 0 fully saturated rings. The summed E-state index contributed by atoms with van der Waals surface area (Å²) in [5.74, 6) is -1.44. The van der Waals surface area contributed by atoms with Crippen LogP contribution in [0.25, 0.3) is 0 Å². The van der Waals surface area contributed by atoms with Crippen molar-refractivity contribution in [3.63, 3.8) is 0 Å². The van der Waals surface area contributed by atoms with Gasteiger partial charge in [0.15, 0.2) is 0 Å². The quantitative estimate of drug-likeness (QED) is 0.556. The van der Waals surface area contributed by atoms with Gasteiger partial charge in [0.2, 0.25) is 0 Å². The maximum absolute atomic E-state index is 10.4. The zero-order valence-corrected chi connectivity index (χ0v) is 5.77. The monoisotopic (exact) mass is 152 g/mol. The molecule has 0 spiro atoms. The largest absolute Gasteiger partial charge is 0.515 e. The number of aliphatic carboxylic acids is 1. The van der Waals surface area contributed by atoms with E-state index in [-0.39, 0.29) is 0 Å². The van der Waals surface area contributed by atoms with E-state index >= 15 is 0 Å². The van der Waals surface area contributed by atoms with Crippen molar-refractivity contribution in [2.75, 3.05) is 0 Å². The molecular formula is C8H8O3. The second-order valence-electron chi connectivity index (χ2n) is 2.21. The van der Waals surface area contributed by atoms with Crippen molar-refractivity contribution < 1.29 is 15.0 Å². The van der Waals surface area contributed by atoms with Crippen LogP contribution >= 0.6 is 0 Å². The lowest BCUT2D eigenvalue weighted by Crippen LogP contribution is -2.09. The van der Waals surface area contributed by atoms with Crippen molar-refractivity contribution in [3.8, 4) is 0 Å². The predicted molar refractivity (Wildman–Crippen MR) is 40.1 cm³/mol. The Kier molecular flexibility index (Phi) is 2.11. The van der Waals surface area contributed by atoms with E-state index in [2.05, 4.69) is 0 Å². The smallest absolute Gasteiger partial charge is 0.314 e. The van der Waals surface area contributed by atoms with Gasteiger partial charge in [-0.05, 0) is 0 Å². The zero-order chi connectivity index (χ0) is 8.27. The summed E-state index contributed by atoms with van der Waals surface area (Å²) in [6, 6.07) is 0. The summed E-state index contributed by atoms with van der Waals surface area (Å²) in [5.41, 5.74) is 0.613. The van der Waals surface area contributed by atoms with Gasteiger partial charge in [-0.15, -0.1) is 0 Å². The SMILES string of the molecule is O=C(O)C1C=CC(=CO)C=C1. The summed E-state index contributed by atoms with van der Waals surface area (Å²) in [4.78, 5) is 10.4. The fraction of sp³-hybridized carbons (Fsp3) is 0.125. The first kappa shape index (κ1) is 7.60. The number of carboxylic acids is 1. The topological polar surface area (TPSA) is 57.5 Å². The van der Waals surface area contributed by atoms with Crippen LogP contribution in [0.15, 0.2) is 36.1 Å². The van der Waals surface area contributed by atoms with Gasteiger partial charge < -0.3 is 10.2 Å². The summed E-state index contributed by atoms with van der Waals surface area (Å²) >= 11 is 0. The van der Waals surface area contributed by atoms with Crippen LogP contribution in [0.2, 0.25) is 0 Å². The lowest BCUT2D eigenvalue weighted by Gasteiger charge is -2.05. The average molecular weight is 152 g/mol. The van der Waals surface area contributed by atoms with E-state index in [0.29, 0.717) is 5.57 Å². The van der Waals surface area contributed by atoms with Gasteiger partial charge in [-0.2, -0.15) is 0 Å². The lowest BCUT2D eigenvalue weighted by molar-refractivity contribution is -0.138. The van der Waals surface area contributed by atoms with E-state index < -0.39 is 11.9 Å². The molecule has 0 atom stereocenters. The number of allylic oxidation sites excluding steroid dienone is 3. The minimum absolute atomic E-state index is 0.557. The van der Waals surface area contributed by atoms with Crippen molar-refractivity contribution >= 4 is 5.97 Å². The van der Waals surface area contributed by atoms with E-state index in [4.69, 9.17) is 10.2 Å². The second-order valence-corrected chi connectivity index (χ2v) is 2.21. The van der Waals surface area contributed by atoms with Crippen LogP contribution in [-0.4, -0.2) is 16.2 Å². The summed E-state index contributed by atoms with van der Waals surface area (Å²) in [7, 11) is 0. The van der Waals surface area contributed by atoms with E-state index in [0.717, 1.165) is 6.26 Å². The summed E-state index contributed by atoms with van der Waals surface area (Å²) in [5, 5.41) is 17.0. The Balaban J connectivity index is 2.72. The normalized spacial score (nSPS) is 21.8. The van der Waals surface area contributed by atoms with Gasteiger partial charge in [0.1, 0.15) is 0 Å². The first-order chi connectivity index (χ1) is 5.24. The Bertz CT molecular complexity index is 232. The molecule has 0 unspecified atom stereocenters. The van der Waals surface area contributed by atoms with Crippen molar-refractivity contribution in [1.82, 2.24) is 0 Å². The Morgan fingerprint density at radius 1 is 1.45 bits per heavy atom. The summed E-state index contributed by atoms with van der Waals surface area (Å²) in [6.07, 6.45) is 7.11. The molecular weight excluding hydrogens is 144 g/mol. The highest BCUT2D eigenvalue weighted by Crippen LogP contribution is 2.12. The molecule has 1 aliphatic carbocycles. The van der Waals surface area contributed by atoms with Gasteiger partial charge in [-0.3, -0.25) is 4.79 Å². The average Bonchev–Trinajstić information content (AvgIpc) is 2.05. The van der Waals surface area contributed by atoms with Crippen LogP contribution in [0, 0.1) is 5.92 Å². The molecule has 0 aliphatic heterocycles. The van der Waals surface area contributed by atoms with Crippen LogP contribution in [-0.2, 0) is 4.79 Å². The summed E-state index contributed by atoms with van der Waals surface area (Å²) in [6.45, 7) is 0. The third-order valence-electron chi connectivity index (χ3n) is 1.43. The number of aliphatic hydroxyl groups is 1. The van der Waals surface area contributed by atoms with Gasteiger partial charge in [0, 0.05) is 5.57 Å². The molecule has 0 radical (unpaired) electrons. The second kappa shape index (κ2) is 3.05. The molecule has 1 aliphatic rings. The number of hydrogen-bond donors (Lipinski definition) is 2. The minimum atomic E-state index is -0.880. The zero-order valence-electron chi connectivity index (χ0n) is 5.77. The Morgan fingerprint density at radius 3 is 2.36 bits per heavy atom.